The molecule has 3 nitrogen and oxygen atoms in total. The van der Waals surface area contributed by atoms with Gasteiger partial charge in [-0.15, -0.1) is 0 Å². The molecule has 1 aromatic carbocycles. The van der Waals surface area contributed by atoms with Gasteiger partial charge in [0.2, 0.25) is 0 Å². The molecule has 0 aromatic heterocycles. The molecular weight excluding hydrogens is 264 g/mol. The van der Waals surface area contributed by atoms with Gasteiger partial charge in [-0.05, 0) is 37.8 Å². The van der Waals surface area contributed by atoms with E-state index in [4.69, 9.17) is 9.47 Å². The van der Waals surface area contributed by atoms with E-state index in [0.29, 0.717) is 12.3 Å². The van der Waals surface area contributed by atoms with Gasteiger partial charge in [0, 0.05) is 31.9 Å². The highest BCUT2D eigenvalue weighted by Crippen LogP contribution is 2.35. The first kappa shape index (κ1) is 13.8. The zero-order valence-electron chi connectivity index (χ0n) is 11.3. The topological polar surface area (TPSA) is 30.5 Å². The van der Waals surface area contributed by atoms with Crippen molar-refractivity contribution in [3.8, 4) is 0 Å². The molecule has 0 bridgehead atoms. The smallest absolute Gasteiger partial charge is 0.149 e. The van der Waals surface area contributed by atoms with Gasteiger partial charge in [-0.2, -0.15) is 0 Å². The average molecular weight is 283 g/mol. The van der Waals surface area contributed by atoms with Crippen molar-refractivity contribution >= 4 is 5.69 Å². The summed E-state index contributed by atoms with van der Waals surface area (Å²) >= 11 is 0. The van der Waals surface area contributed by atoms with Crippen molar-refractivity contribution in [1.29, 1.82) is 0 Å². The Balaban J connectivity index is 1.68. The summed E-state index contributed by atoms with van der Waals surface area (Å²) in [4.78, 5) is 0. The minimum atomic E-state index is -0.555. The Morgan fingerprint density at radius 2 is 1.95 bits per heavy atom. The number of nitrogens with one attached hydrogen (secondary N) is 1. The summed E-state index contributed by atoms with van der Waals surface area (Å²) < 4.78 is 37.9. The van der Waals surface area contributed by atoms with Crippen molar-refractivity contribution < 1.29 is 18.3 Å². The number of rotatable bonds is 2. The van der Waals surface area contributed by atoms with E-state index in [9.17, 15) is 8.78 Å². The van der Waals surface area contributed by atoms with Crippen LogP contribution in [0, 0.1) is 11.6 Å². The summed E-state index contributed by atoms with van der Waals surface area (Å²) in [6, 6.07) is 3.79. The predicted molar refractivity (Wildman–Crippen MR) is 71.7 cm³/mol. The number of hydrogen-bond donors (Lipinski definition) is 1. The molecule has 2 saturated heterocycles. The van der Waals surface area contributed by atoms with Crippen LogP contribution in [0.3, 0.4) is 0 Å². The standard InChI is InChI=1S/C15H19F2NO2/c16-11-1-2-14(13(17)9-11)18-12-3-6-20-15(10-12)4-7-19-8-5-15/h1-2,9,12,18H,3-8,10H2. The maximum absolute atomic E-state index is 13.7. The van der Waals surface area contributed by atoms with E-state index in [0.717, 1.165) is 45.0 Å². The van der Waals surface area contributed by atoms with E-state index in [-0.39, 0.29) is 11.6 Å². The van der Waals surface area contributed by atoms with Crippen LogP contribution in [-0.2, 0) is 9.47 Å². The second-order valence-electron chi connectivity index (χ2n) is 5.60. The Hall–Kier alpha value is -1.20. The molecule has 2 fully saturated rings. The number of anilines is 1. The molecule has 1 N–H and O–H groups in total. The molecule has 1 atom stereocenters. The van der Waals surface area contributed by atoms with Gasteiger partial charge in [-0.25, -0.2) is 8.78 Å². The second-order valence-corrected chi connectivity index (χ2v) is 5.60. The van der Waals surface area contributed by atoms with E-state index in [1.807, 2.05) is 0 Å². The fourth-order valence-electron chi connectivity index (χ4n) is 3.07. The SMILES string of the molecule is Fc1ccc(NC2CCOC3(CCOCC3)C2)c(F)c1. The second kappa shape index (κ2) is 5.66. The van der Waals surface area contributed by atoms with Gasteiger partial charge < -0.3 is 14.8 Å². The van der Waals surface area contributed by atoms with Gasteiger partial charge in [0.05, 0.1) is 11.3 Å². The van der Waals surface area contributed by atoms with Crippen LogP contribution in [0.1, 0.15) is 25.7 Å². The molecule has 1 spiro atoms. The van der Waals surface area contributed by atoms with E-state index in [1.54, 1.807) is 0 Å². The average Bonchev–Trinajstić information content (AvgIpc) is 2.43. The summed E-state index contributed by atoms with van der Waals surface area (Å²) in [6.07, 6.45) is 3.45. The molecule has 5 heteroatoms. The molecule has 110 valence electrons. The van der Waals surface area contributed by atoms with Gasteiger partial charge in [0.1, 0.15) is 11.6 Å². The molecule has 0 amide bonds. The summed E-state index contributed by atoms with van der Waals surface area (Å²) in [5.41, 5.74) is 0.227. The first-order valence-electron chi connectivity index (χ1n) is 7.10. The van der Waals surface area contributed by atoms with E-state index >= 15 is 0 Å². The summed E-state index contributed by atoms with van der Waals surface area (Å²) in [5, 5.41) is 3.19. The molecule has 0 saturated carbocycles. The Labute approximate surface area is 117 Å². The van der Waals surface area contributed by atoms with Gasteiger partial charge in [-0.3, -0.25) is 0 Å². The van der Waals surface area contributed by atoms with Crippen molar-refractivity contribution in [2.75, 3.05) is 25.1 Å². The third-order valence-corrected chi connectivity index (χ3v) is 4.19. The van der Waals surface area contributed by atoms with Crippen LogP contribution < -0.4 is 5.32 Å². The van der Waals surface area contributed by atoms with Crippen molar-refractivity contribution in [2.24, 2.45) is 0 Å². The summed E-state index contributed by atoms with van der Waals surface area (Å²) in [7, 11) is 0. The Kier molecular flexibility index (Phi) is 3.89. The van der Waals surface area contributed by atoms with E-state index in [1.165, 1.54) is 12.1 Å². The molecule has 2 heterocycles. The molecular formula is C15H19F2NO2. The zero-order valence-corrected chi connectivity index (χ0v) is 11.3. The quantitative estimate of drug-likeness (QED) is 0.904. The minimum Gasteiger partial charge on any atom is -0.381 e. The van der Waals surface area contributed by atoms with E-state index < -0.39 is 11.6 Å². The van der Waals surface area contributed by atoms with Crippen molar-refractivity contribution in [3.63, 3.8) is 0 Å². The zero-order chi connectivity index (χ0) is 14.0. The van der Waals surface area contributed by atoms with Crippen molar-refractivity contribution in [3.05, 3.63) is 29.8 Å². The molecule has 20 heavy (non-hydrogen) atoms. The first-order valence-corrected chi connectivity index (χ1v) is 7.10. The number of halogens is 2. The number of ether oxygens (including phenoxy) is 2. The maximum atomic E-state index is 13.7. The van der Waals surface area contributed by atoms with Gasteiger partial charge >= 0.3 is 0 Å². The predicted octanol–water partition coefficient (Wildman–Crippen LogP) is 3.10. The number of hydrogen-bond acceptors (Lipinski definition) is 3. The highest BCUT2D eigenvalue weighted by Gasteiger charge is 2.39. The van der Waals surface area contributed by atoms with Crippen LogP contribution in [0.4, 0.5) is 14.5 Å². The molecule has 0 radical (unpaired) electrons. The Morgan fingerprint density at radius 1 is 1.15 bits per heavy atom. The molecule has 0 aliphatic carbocycles. The normalized spacial score (nSPS) is 25.6. The highest BCUT2D eigenvalue weighted by molar-refractivity contribution is 5.45. The molecule has 1 unspecified atom stereocenters. The summed E-state index contributed by atoms with van der Waals surface area (Å²) in [6.45, 7) is 2.11. The lowest BCUT2D eigenvalue weighted by Gasteiger charge is -2.43. The fraction of sp³-hybridized carbons (Fsp3) is 0.600. The Bertz CT molecular complexity index is 469. The van der Waals surface area contributed by atoms with Crippen LogP contribution in [-0.4, -0.2) is 31.5 Å². The van der Waals surface area contributed by atoms with Gasteiger partial charge in [0.25, 0.3) is 0 Å². The first-order chi connectivity index (χ1) is 9.67. The number of benzene rings is 1. The van der Waals surface area contributed by atoms with Gasteiger partial charge in [-0.1, -0.05) is 0 Å². The van der Waals surface area contributed by atoms with Gasteiger partial charge in [0.15, 0.2) is 0 Å². The third kappa shape index (κ3) is 2.94. The van der Waals surface area contributed by atoms with Crippen LogP contribution in [0.2, 0.25) is 0 Å². The Morgan fingerprint density at radius 3 is 2.70 bits per heavy atom. The summed E-state index contributed by atoms with van der Waals surface area (Å²) in [5.74, 6) is -1.10. The van der Waals surface area contributed by atoms with E-state index in [2.05, 4.69) is 5.32 Å². The minimum absolute atomic E-state index is 0.134. The molecule has 1 aromatic rings. The fourth-order valence-corrected chi connectivity index (χ4v) is 3.07. The lowest BCUT2D eigenvalue weighted by Crippen LogP contribution is -2.47. The maximum Gasteiger partial charge on any atom is 0.149 e. The van der Waals surface area contributed by atoms with Crippen LogP contribution in [0.5, 0.6) is 0 Å². The molecule has 2 aliphatic heterocycles. The monoisotopic (exact) mass is 283 g/mol. The highest BCUT2D eigenvalue weighted by atomic mass is 19.1. The lowest BCUT2D eigenvalue weighted by atomic mass is 9.84. The molecule has 3 rings (SSSR count). The van der Waals surface area contributed by atoms with Crippen molar-refractivity contribution in [1.82, 2.24) is 0 Å². The largest absolute Gasteiger partial charge is 0.381 e. The van der Waals surface area contributed by atoms with Crippen LogP contribution >= 0.6 is 0 Å². The van der Waals surface area contributed by atoms with Crippen molar-refractivity contribution in [2.45, 2.75) is 37.3 Å². The molecule has 2 aliphatic rings. The van der Waals surface area contributed by atoms with Crippen LogP contribution in [0.25, 0.3) is 0 Å². The lowest BCUT2D eigenvalue weighted by molar-refractivity contribution is -0.135. The van der Waals surface area contributed by atoms with Crippen LogP contribution in [0.15, 0.2) is 18.2 Å². The third-order valence-electron chi connectivity index (χ3n) is 4.19.